The largest absolute Gasteiger partial charge is 0.459 e. The Morgan fingerprint density at radius 1 is 1.55 bits per heavy atom. The van der Waals surface area contributed by atoms with E-state index in [1.165, 1.54) is 0 Å². The highest BCUT2D eigenvalue weighted by atomic mass is 35.5. The summed E-state index contributed by atoms with van der Waals surface area (Å²) in [5.41, 5.74) is 0.457. The molecule has 1 fully saturated rings. The van der Waals surface area contributed by atoms with Gasteiger partial charge in [-0.2, -0.15) is 0 Å². The van der Waals surface area contributed by atoms with Crippen LogP contribution in [0.4, 0.5) is 0 Å². The minimum Gasteiger partial charge on any atom is -0.459 e. The highest BCUT2D eigenvalue weighted by molar-refractivity contribution is 6.30. The monoisotopic (exact) mass is 295 g/mol. The quantitative estimate of drug-likeness (QED) is 0.848. The minimum atomic E-state index is -0.374. The maximum absolute atomic E-state index is 11.8. The molecule has 0 spiro atoms. The molecule has 1 aromatic carbocycles. The van der Waals surface area contributed by atoms with Crippen molar-refractivity contribution >= 4 is 17.6 Å². The first-order chi connectivity index (χ1) is 9.69. The highest BCUT2D eigenvalue weighted by Gasteiger charge is 2.25. The Labute approximate surface area is 123 Å². The lowest BCUT2D eigenvalue weighted by molar-refractivity contribution is -0.0131. The molecule has 1 N–H and O–H groups in total. The van der Waals surface area contributed by atoms with Crippen molar-refractivity contribution in [2.45, 2.75) is 32.1 Å². The molecule has 0 radical (unpaired) electrons. The lowest BCUT2D eigenvalue weighted by Gasteiger charge is -2.14. The highest BCUT2D eigenvalue weighted by Crippen LogP contribution is 2.19. The average Bonchev–Trinajstić information content (AvgIpc) is 2.90. The number of esters is 1. The Balaban J connectivity index is 1.77. The summed E-state index contributed by atoms with van der Waals surface area (Å²) in [5, 5.41) is 3.65. The van der Waals surface area contributed by atoms with Crippen LogP contribution in [0, 0.1) is 0 Å². The molecule has 1 saturated heterocycles. The summed E-state index contributed by atoms with van der Waals surface area (Å²) in [4.78, 5) is 11.8. The zero-order valence-electron chi connectivity index (χ0n) is 11.3. The van der Waals surface area contributed by atoms with Gasteiger partial charge in [-0.3, -0.25) is 0 Å². The van der Waals surface area contributed by atoms with E-state index in [0.717, 1.165) is 12.8 Å². The molecule has 0 amide bonds. The molecule has 0 saturated carbocycles. The predicted molar refractivity (Wildman–Crippen MR) is 77.6 cm³/mol. The summed E-state index contributed by atoms with van der Waals surface area (Å²) in [6.45, 7) is 2.20. The van der Waals surface area contributed by atoms with Crippen LogP contribution >= 0.6 is 11.6 Å². The van der Waals surface area contributed by atoms with Crippen molar-refractivity contribution in [2.75, 3.05) is 6.61 Å². The van der Waals surface area contributed by atoms with Crippen LogP contribution < -0.4 is 5.32 Å². The molecule has 1 aromatic rings. The number of allylic oxidation sites excluding steroid dienone is 1. The van der Waals surface area contributed by atoms with E-state index in [9.17, 15) is 4.79 Å². The van der Waals surface area contributed by atoms with Gasteiger partial charge in [-0.25, -0.2) is 4.79 Å². The number of halogens is 1. The second-order valence-corrected chi connectivity index (χ2v) is 5.04. The van der Waals surface area contributed by atoms with E-state index in [2.05, 4.69) is 5.32 Å². The molecule has 0 aromatic heterocycles. The third kappa shape index (κ3) is 4.25. The molecule has 4 nitrogen and oxygen atoms in total. The van der Waals surface area contributed by atoms with Gasteiger partial charge in [0.05, 0.1) is 11.7 Å². The Kier molecular flexibility index (Phi) is 5.44. The van der Waals surface area contributed by atoms with Crippen molar-refractivity contribution in [1.82, 2.24) is 5.32 Å². The standard InChI is InChI=1S/C15H18ClNO3/c1-2-8-17-14-7-6-13(20-14)10-19-15(18)11-4-3-5-12(16)9-11/h2-5,8-9,13-14,17H,6-7,10H2,1H3/b8-2-. The second-order valence-electron chi connectivity index (χ2n) is 4.60. The van der Waals surface area contributed by atoms with Gasteiger partial charge in [0, 0.05) is 5.02 Å². The van der Waals surface area contributed by atoms with Crippen LogP contribution in [0.3, 0.4) is 0 Å². The van der Waals surface area contributed by atoms with E-state index < -0.39 is 0 Å². The van der Waals surface area contributed by atoms with E-state index in [1.807, 2.05) is 19.2 Å². The summed E-state index contributed by atoms with van der Waals surface area (Å²) in [6.07, 6.45) is 5.49. The summed E-state index contributed by atoms with van der Waals surface area (Å²) in [5.74, 6) is -0.374. The van der Waals surface area contributed by atoms with Crippen molar-refractivity contribution in [3.63, 3.8) is 0 Å². The molecule has 1 heterocycles. The van der Waals surface area contributed by atoms with E-state index in [1.54, 1.807) is 24.3 Å². The Morgan fingerprint density at radius 2 is 2.40 bits per heavy atom. The molecule has 1 aliphatic heterocycles. The molecule has 2 atom stereocenters. The fourth-order valence-corrected chi connectivity index (χ4v) is 2.21. The zero-order chi connectivity index (χ0) is 14.4. The maximum Gasteiger partial charge on any atom is 0.338 e. The summed E-state index contributed by atoms with van der Waals surface area (Å²) < 4.78 is 11.0. The maximum atomic E-state index is 11.8. The van der Waals surface area contributed by atoms with Crippen LogP contribution in [0.2, 0.25) is 5.02 Å². The topological polar surface area (TPSA) is 47.6 Å². The van der Waals surface area contributed by atoms with Gasteiger partial charge in [0.2, 0.25) is 0 Å². The molecule has 20 heavy (non-hydrogen) atoms. The fourth-order valence-electron chi connectivity index (χ4n) is 2.02. The first-order valence-corrected chi connectivity index (χ1v) is 7.02. The molecule has 108 valence electrons. The number of hydrogen-bond donors (Lipinski definition) is 1. The van der Waals surface area contributed by atoms with Gasteiger partial charge in [0.1, 0.15) is 12.8 Å². The predicted octanol–water partition coefficient (Wildman–Crippen LogP) is 3.13. The number of carbonyl (C=O) groups is 1. The van der Waals surface area contributed by atoms with Crippen molar-refractivity contribution in [1.29, 1.82) is 0 Å². The summed E-state index contributed by atoms with van der Waals surface area (Å²) >= 11 is 5.84. The van der Waals surface area contributed by atoms with E-state index in [4.69, 9.17) is 21.1 Å². The number of carbonyl (C=O) groups excluding carboxylic acids is 1. The lowest BCUT2D eigenvalue weighted by Crippen LogP contribution is -2.26. The average molecular weight is 296 g/mol. The van der Waals surface area contributed by atoms with Crippen LogP contribution in [-0.4, -0.2) is 24.9 Å². The van der Waals surface area contributed by atoms with Crippen LogP contribution in [-0.2, 0) is 9.47 Å². The first-order valence-electron chi connectivity index (χ1n) is 6.64. The van der Waals surface area contributed by atoms with Gasteiger partial charge < -0.3 is 14.8 Å². The van der Waals surface area contributed by atoms with Gasteiger partial charge in [-0.05, 0) is 44.2 Å². The third-order valence-electron chi connectivity index (χ3n) is 3.02. The van der Waals surface area contributed by atoms with Gasteiger partial charge in [-0.1, -0.05) is 23.7 Å². The number of nitrogens with one attached hydrogen (secondary N) is 1. The van der Waals surface area contributed by atoms with Crippen molar-refractivity contribution in [3.05, 3.63) is 47.1 Å². The summed E-state index contributed by atoms with van der Waals surface area (Å²) in [7, 11) is 0. The molecule has 0 aliphatic carbocycles. The number of hydrogen-bond acceptors (Lipinski definition) is 4. The SMILES string of the molecule is C/C=C\NC1CCC(COC(=O)c2cccc(Cl)c2)O1. The van der Waals surface area contributed by atoms with Gasteiger partial charge in [0.15, 0.2) is 0 Å². The first kappa shape index (κ1) is 14.9. The summed E-state index contributed by atoms with van der Waals surface area (Å²) in [6, 6.07) is 6.72. The smallest absolute Gasteiger partial charge is 0.338 e. The van der Waals surface area contributed by atoms with Crippen LogP contribution in [0.5, 0.6) is 0 Å². The number of ether oxygens (including phenoxy) is 2. The third-order valence-corrected chi connectivity index (χ3v) is 3.25. The van der Waals surface area contributed by atoms with Crippen molar-refractivity contribution in [2.24, 2.45) is 0 Å². The molecule has 2 rings (SSSR count). The van der Waals surface area contributed by atoms with E-state index in [0.29, 0.717) is 10.6 Å². The van der Waals surface area contributed by atoms with Crippen molar-refractivity contribution in [3.8, 4) is 0 Å². The van der Waals surface area contributed by atoms with E-state index >= 15 is 0 Å². The fraction of sp³-hybridized carbons (Fsp3) is 0.400. The van der Waals surface area contributed by atoms with Crippen LogP contribution in [0.15, 0.2) is 36.5 Å². The molecular weight excluding hydrogens is 278 g/mol. The Hall–Kier alpha value is -1.52. The molecule has 0 bridgehead atoms. The number of benzene rings is 1. The van der Waals surface area contributed by atoms with Crippen molar-refractivity contribution < 1.29 is 14.3 Å². The Bertz CT molecular complexity index is 490. The van der Waals surface area contributed by atoms with E-state index in [-0.39, 0.29) is 24.9 Å². The van der Waals surface area contributed by atoms with Gasteiger partial charge in [0.25, 0.3) is 0 Å². The molecule has 5 heteroatoms. The normalized spacial score (nSPS) is 22.1. The molecular formula is C15H18ClNO3. The minimum absolute atomic E-state index is 0.000992. The van der Waals surface area contributed by atoms with Crippen LogP contribution in [0.25, 0.3) is 0 Å². The molecule has 2 unspecified atom stereocenters. The number of rotatable bonds is 5. The zero-order valence-corrected chi connectivity index (χ0v) is 12.1. The van der Waals surface area contributed by atoms with Gasteiger partial charge in [-0.15, -0.1) is 0 Å². The van der Waals surface area contributed by atoms with Crippen LogP contribution in [0.1, 0.15) is 30.1 Å². The molecule has 1 aliphatic rings. The Morgan fingerprint density at radius 3 is 3.15 bits per heavy atom. The second kappa shape index (κ2) is 7.31. The van der Waals surface area contributed by atoms with Gasteiger partial charge >= 0.3 is 5.97 Å². The lowest BCUT2D eigenvalue weighted by atomic mass is 10.2.